The topological polar surface area (TPSA) is 113 Å². The van der Waals surface area contributed by atoms with Gasteiger partial charge in [-0.15, -0.1) is 11.3 Å². The molecule has 0 radical (unpaired) electrons. The second kappa shape index (κ2) is 19.4. The molecule has 43 heavy (non-hydrogen) atoms. The molecule has 1 atom stereocenters. The van der Waals surface area contributed by atoms with Crippen molar-refractivity contribution in [3.05, 3.63) is 74.2 Å². The van der Waals surface area contributed by atoms with E-state index in [1.807, 2.05) is 36.4 Å². The van der Waals surface area contributed by atoms with Crippen LogP contribution in [0.15, 0.2) is 58.9 Å². The highest BCUT2D eigenvalue weighted by molar-refractivity contribution is 9.09. The zero-order chi connectivity index (χ0) is 31.6. The Balaban J connectivity index is 2.34. The van der Waals surface area contributed by atoms with Crippen LogP contribution in [-0.2, 0) is 4.74 Å². The zero-order valence-corrected chi connectivity index (χ0v) is 27.7. The highest BCUT2D eigenvalue weighted by atomic mass is 79.9. The summed E-state index contributed by atoms with van der Waals surface area (Å²) in [5, 5.41) is 38.6. The molecule has 1 unspecified atom stereocenters. The van der Waals surface area contributed by atoms with Crippen molar-refractivity contribution in [2.24, 2.45) is 0 Å². The first-order chi connectivity index (χ1) is 20.8. The molecule has 1 N–H and O–H groups in total. The number of anilines is 1. The Bertz CT molecular complexity index is 1430. The van der Waals surface area contributed by atoms with Crippen LogP contribution in [0.2, 0.25) is 0 Å². The number of allylic oxidation sites excluding steroid dienone is 4. The Labute approximate surface area is 268 Å². The van der Waals surface area contributed by atoms with Crippen LogP contribution in [0.25, 0.3) is 18.2 Å². The molecule has 0 aliphatic heterocycles. The van der Waals surface area contributed by atoms with Gasteiger partial charge in [0.05, 0.1) is 18.8 Å². The summed E-state index contributed by atoms with van der Waals surface area (Å²) in [6.45, 7) is 8.31. The van der Waals surface area contributed by atoms with Crippen LogP contribution >= 0.6 is 27.3 Å². The van der Waals surface area contributed by atoms with Crippen molar-refractivity contribution >= 4 is 51.2 Å². The van der Waals surface area contributed by atoms with Crippen LogP contribution in [0.3, 0.4) is 0 Å². The Hall–Kier alpha value is -3.81. The first kappa shape index (κ1) is 35.4. The quantitative estimate of drug-likeness (QED) is 0.0785. The summed E-state index contributed by atoms with van der Waals surface area (Å²) < 4.78 is 11.3. The van der Waals surface area contributed by atoms with E-state index in [2.05, 4.69) is 52.9 Å². The van der Waals surface area contributed by atoms with Gasteiger partial charge in [0, 0.05) is 45.5 Å². The average molecular weight is 664 g/mol. The number of aliphatic hydroxyl groups excluding tert-OH is 1. The number of nitrogens with zero attached hydrogens (tertiary/aromatic N) is 4. The number of aliphatic hydroxyl groups is 1. The van der Waals surface area contributed by atoms with Gasteiger partial charge in [-0.2, -0.15) is 15.8 Å². The van der Waals surface area contributed by atoms with E-state index in [1.165, 1.54) is 7.11 Å². The molecule has 9 heteroatoms. The number of benzene rings is 1. The summed E-state index contributed by atoms with van der Waals surface area (Å²) in [6.07, 6.45) is 11.6. The predicted molar refractivity (Wildman–Crippen MR) is 180 cm³/mol. The van der Waals surface area contributed by atoms with Gasteiger partial charge in [0.25, 0.3) is 0 Å². The minimum atomic E-state index is -0.607. The van der Waals surface area contributed by atoms with Gasteiger partial charge in [0.15, 0.2) is 11.3 Å². The molecule has 0 spiro atoms. The van der Waals surface area contributed by atoms with Crippen molar-refractivity contribution in [1.82, 2.24) is 0 Å². The van der Waals surface area contributed by atoms with Crippen molar-refractivity contribution < 1.29 is 14.6 Å². The first-order valence-corrected chi connectivity index (χ1v) is 16.2. The Morgan fingerprint density at radius 1 is 1.00 bits per heavy atom. The van der Waals surface area contributed by atoms with Gasteiger partial charge in [-0.05, 0) is 67.8 Å². The van der Waals surface area contributed by atoms with Gasteiger partial charge in [-0.25, -0.2) is 0 Å². The number of unbranched alkanes of at least 4 members (excludes halogenated alkanes) is 2. The molecule has 0 bridgehead atoms. The van der Waals surface area contributed by atoms with E-state index < -0.39 is 6.10 Å². The lowest BCUT2D eigenvalue weighted by Gasteiger charge is -2.26. The Morgan fingerprint density at radius 3 is 2.21 bits per heavy atom. The predicted octanol–water partition coefficient (Wildman–Crippen LogP) is 8.26. The fourth-order valence-corrected chi connectivity index (χ4v) is 5.07. The summed E-state index contributed by atoms with van der Waals surface area (Å²) in [4.78, 5) is 4.40. The molecule has 2 rings (SSSR count). The SMILES string of the molecule is CCCCN(CCCC)c1ccc(/C=C/c2ccc(/C=C/C(C)=C(\C#N)C(OC)=C(C#N)C#N)s2)c(OCC(O)CBr)c1. The van der Waals surface area contributed by atoms with Crippen LogP contribution in [0.4, 0.5) is 5.69 Å². The van der Waals surface area contributed by atoms with Crippen LogP contribution in [0.5, 0.6) is 5.75 Å². The van der Waals surface area contributed by atoms with Gasteiger partial charge in [0.2, 0.25) is 0 Å². The van der Waals surface area contributed by atoms with Gasteiger partial charge in [0.1, 0.15) is 30.6 Å². The summed E-state index contributed by atoms with van der Waals surface area (Å²) in [7, 11) is 1.33. The van der Waals surface area contributed by atoms with E-state index in [1.54, 1.807) is 36.5 Å². The summed E-state index contributed by atoms with van der Waals surface area (Å²) in [5.74, 6) is 0.695. The van der Waals surface area contributed by atoms with Crippen LogP contribution in [-0.4, -0.2) is 43.3 Å². The molecule has 2 aromatic rings. The molecule has 7 nitrogen and oxygen atoms in total. The van der Waals surface area contributed by atoms with Crippen LogP contribution in [0.1, 0.15) is 61.8 Å². The van der Waals surface area contributed by atoms with E-state index >= 15 is 0 Å². The van der Waals surface area contributed by atoms with Crippen molar-refractivity contribution in [2.75, 3.05) is 37.0 Å². The zero-order valence-electron chi connectivity index (χ0n) is 25.3. The third kappa shape index (κ3) is 11.1. The number of thiophene rings is 1. The lowest BCUT2D eigenvalue weighted by molar-refractivity contribution is 0.127. The van der Waals surface area contributed by atoms with Gasteiger partial charge in [-0.1, -0.05) is 48.7 Å². The number of rotatable bonds is 17. The fraction of sp³-hybridized carbons (Fsp3) is 0.382. The van der Waals surface area contributed by atoms with Gasteiger partial charge < -0.3 is 19.5 Å². The fourth-order valence-electron chi connectivity index (χ4n) is 4.06. The molecule has 0 fully saturated rings. The lowest BCUT2D eigenvalue weighted by Crippen LogP contribution is -2.25. The van der Waals surface area contributed by atoms with Crippen molar-refractivity contribution in [3.8, 4) is 24.0 Å². The van der Waals surface area contributed by atoms with Crippen LogP contribution in [0, 0.1) is 34.0 Å². The normalized spacial score (nSPS) is 12.3. The Morgan fingerprint density at radius 2 is 1.65 bits per heavy atom. The minimum absolute atomic E-state index is 0.0315. The molecular formula is C34H39BrN4O3S. The van der Waals surface area contributed by atoms with E-state index in [0.717, 1.165) is 65.5 Å². The Kier molecular flexibility index (Phi) is 16.0. The van der Waals surface area contributed by atoms with Crippen molar-refractivity contribution in [2.45, 2.75) is 52.6 Å². The van der Waals surface area contributed by atoms with Crippen LogP contribution < -0.4 is 9.64 Å². The summed E-state index contributed by atoms with van der Waals surface area (Å²) in [6, 6.07) is 15.9. The third-order valence-electron chi connectivity index (χ3n) is 6.50. The number of hydrogen-bond donors (Lipinski definition) is 1. The maximum absolute atomic E-state index is 10.1. The maximum atomic E-state index is 10.1. The molecule has 0 aliphatic carbocycles. The monoisotopic (exact) mass is 662 g/mol. The molecule has 0 saturated carbocycles. The van der Waals surface area contributed by atoms with Gasteiger partial charge in [-0.3, -0.25) is 0 Å². The summed E-state index contributed by atoms with van der Waals surface area (Å²) >= 11 is 4.89. The molecule has 0 amide bonds. The molecule has 1 aromatic carbocycles. The van der Waals surface area contributed by atoms with Crippen molar-refractivity contribution in [3.63, 3.8) is 0 Å². The largest absolute Gasteiger partial charge is 0.493 e. The third-order valence-corrected chi connectivity index (χ3v) is 8.26. The summed E-state index contributed by atoms with van der Waals surface area (Å²) in [5.41, 5.74) is 2.51. The molecule has 0 aliphatic rings. The standard InChI is InChI=1S/C34H39BrN4O3S/c1-5-7-17-39(18-8-6-2)28-12-10-26(33(19-28)42-24-29(40)20-35)11-14-31-16-15-30(43-31)13-9-25(3)32(23-38)34(41-4)27(21-36)22-37/h9-16,19,29,40H,5-8,17-18,20,24H2,1-4H3/b13-9+,14-11+,32-25+. The highest BCUT2D eigenvalue weighted by Crippen LogP contribution is 2.30. The van der Waals surface area contributed by atoms with E-state index in [-0.39, 0.29) is 23.5 Å². The molecule has 1 aromatic heterocycles. The number of halogens is 1. The van der Waals surface area contributed by atoms with Gasteiger partial charge >= 0.3 is 0 Å². The second-order valence-corrected chi connectivity index (χ2v) is 11.5. The highest BCUT2D eigenvalue weighted by Gasteiger charge is 2.15. The van der Waals surface area contributed by atoms with E-state index in [0.29, 0.717) is 10.9 Å². The number of hydrogen-bond acceptors (Lipinski definition) is 8. The number of alkyl halides is 1. The number of methoxy groups -OCH3 is 1. The molecule has 0 saturated heterocycles. The van der Waals surface area contributed by atoms with Crippen molar-refractivity contribution in [1.29, 1.82) is 15.8 Å². The van der Waals surface area contributed by atoms with E-state index in [4.69, 9.17) is 9.47 Å². The average Bonchev–Trinajstić information content (AvgIpc) is 3.49. The molecule has 226 valence electrons. The second-order valence-electron chi connectivity index (χ2n) is 9.74. The molecule has 1 heterocycles. The van der Waals surface area contributed by atoms with E-state index in [9.17, 15) is 20.9 Å². The first-order valence-electron chi connectivity index (χ1n) is 14.3. The smallest absolute Gasteiger partial charge is 0.172 e. The minimum Gasteiger partial charge on any atom is -0.493 e. The number of nitriles is 3. The maximum Gasteiger partial charge on any atom is 0.172 e. The lowest BCUT2D eigenvalue weighted by atomic mass is 10.0. The number of ether oxygens (including phenoxy) is 2. The molecular weight excluding hydrogens is 624 g/mol.